The lowest BCUT2D eigenvalue weighted by Crippen LogP contribution is -2.26. The average Bonchev–Trinajstić information content (AvgIpc) is 2.52. The summed E-state index contributed by atoms with van der Waals surface area (Å²) in [5.41, 5.74) is 1.57. The first kappa shape index (κ1) is 14.1. The van der Waals surface area contributed by atoms with E-state index in [4.69, 9.17) is 9.47 Å². The minimum Gasteiger partial charge on any atom is -0.496 e. The number of carbonyl (C=O) groups excluding carboxylic acids is 1. The summed E-state index contributed by atoms with van der Waals surface area (Å²) in [6.07, 6.45) is 0. The fourth-order valence-corrected chi connectivity index (χ4v) is 1.79. The third-order valence-corrected chi connectivity index (χ3v) is 2.80. The van der Waals surface area contributed by atoms with Gasteiger partial charge in [-0.1, -0.05) is 42.5 Å². The van der Waals surface area contributed by atoms with Crippen LogP contribution in [-0.2, 0) is 11.3 Å². The Morgan fingerprint density at radius 1 is 1.05 bits per heavy atom. The van der Waals surface area contributed by atoms with Crippen molar-refractivity contribution in [3.05, 3.63) is 65.7 Å². The Bertz CT molecular complexity index is 555. The van der Waals surface area contributed by atoms with E-state index >= 15 is 0 Å². The highest BCUT2D eigenvalue weighted by Crippen LogP contribution is 2.16. The van der Waals surface area contributed by atoms with Crippen LogP contribution in [0.4, 0.5) is 0 Å². The van der Waals surface area contributed by atoms with E-state index in [2.05, 4.69) is 5.32 Å². The van der Waals surface area contributed by atoms with E-state index in [1.54, 1.807) is 18.2 Å². The molecule has 2 aromatic rings. The molecule has 0 fully saturated rings. The topological polar surface area (TPSA) is 47.6 Å². The molecule has 0 aliphatic heterocycles. The number of benzene rings is 2. The summed E-state index contributed by atoms with van der Waals surface area (Å²) in [6, 6.07) is 16.9. The van der Waals surface area contributed by atoms with Crippen molar-refractivity contribution in [3.63, 3.8) is 0 Å². The van der Waals surface area contributed by atoms with Crippen molar-refractivity contribution in [1.29, 1.82) is 0 Å². The molecule has 2 rings (SSSR count). The first-order valence-corrected chi connectivity index (χ1v) is 6.34. The van der Waals surface area contributed by atoms with Crippen LogP contribution in [0.1, 0.15) is 15.9 Å². The molecule has 20 heavy (non-hydrogen) atoms. The van der Waals surface area contributed by atoms with Gasteiger partial charge in [-0.3, -0.25) is 4.79 Å². The Kier molecular flexibility index (Phi) is 5.15. The molecule has 104 valence electrons. The molecule has 0 unspecified atom stereocenters. The maximum atomic E-state index is 12.0. The Morgan fingerprint density at radius 3 is 2.50 bits per heavy atom. The van der Waals surface area contributed by atoms with Crippen molar-refractivity contribution >= 4 is 5.91 Å². The molecule has 0 heterocycles. The van der Waals surface area contributed by atoms with E-state index in [-0.39, 0.29) is 12.6 Å². The van der Waals surface area contributed by atoms with Crippen LogP contribution in [0.2, 0.25) is 0 Å². The van der Waals surface area contributed by atoms with E-state index in [9.17, 15) is 4.79 Å². The van der Waals surface area contributed by atoms with Crippen LogP contribution >= 0.6 is 0 Å². The number of rotatable bonds is 6. The minimum absolute atomic E-state index is 0.159. The van der Waals surface area contributed by atoms with Gasteiger partial charge in [0.15, 0.2) is 0 Å². The van der Waals surface area contributed by atoms with Crippen molar-refractivity contribution in [1.82, 2.24) is 5.32 Å². The molecule has 4 heteroatoms. The first-order valence-electron chi connectivity index (χ1n) is 6.34. The van der Waals surface area contributed by atoms with Gasteiger partial charge < -0.3 is 14.8 Å². The van der Waals surface area contributed by atoms with Crippen LogP contribution in [0.5, 0.6) is 5.75 Å². The molecule has 0 saturated carbocycles. The number of methoxy groups -OCH3 is 1. The van der Waals surface area contributed by atoms with Crippen LogP contribution in [0.15, 0.2) is 54.6 Å². The Morgan fingerprint density at radius 2 is 1.75 bits per heavy atom. The number of nitrogens with one attached hydrogen (secondary N) is 1. The molecule has 2 aromatic carbocycles. The molecule has 0 aliphatic carbocycles. The highest BCUT2D eigenvalue weighted by atomic mass is 16.5. The van der Waals surface area contributed by atoms with Gasteiger partial charge >= 0.3 is 0 Å². The molecule has 0 saturated heterocycles. The van der Waals surface area contributed by atoms with Gasteiger partial charge in [0.2, 0.25) is 0 Å². The summed E-state index contributed by atoms with van der Waals surface area (Å²) in [7, 11) is 1.54. The monoisotopic (exact) mass is 271 g/mol. The Hall–Kier alpha value is -2.33. The van der Waals surface area contributed by atoms with E-state index in [1.165, 1.54) is 7.11 Å². The molecule has 0 spiro atoms. The fourth-order valence-electron chi connectivity index (χ4n) is 1.79. The molecule has 1 amide bonds. The van der Waals surface area contributed by atoms with Crippen LogP contribution < -0.4 is 10.1 Å². The van der Waals surface area contributed by atoms with Crippen LogP contribution in [0.3, 0.4) is 0 Å². The molecular weight excluding hydrogens is 254 g/mol. The summed E-state index contributed by atoms with van der Waals surface area (Å²) < 4.78 is 10.6. The molecule has 0 atom stereocenters. The molecule has 4 nitrogen and oxygen atoms in total. The number of ether oxygens (including phenoxy) is 2. The van der Waals surface area contributed by atoms with Crippen molar-refractivity contribution in [3.8, 4) is 5.75 Å². The second kappa shape index (κ2) is 7.31. The maximum Gasteiger partial charge on any atom is 0.256 e. The highest BCUT2D eigenvalue weighted by Gasteiger charge is 2.10. The Labute approximate surface area is 118 Å². The zero-order valence-electron chi connectivity index (χ0n) is 11.3. The Balaban J connectivity index is 1.81. The van der Waals surface area contributed by atoms with Crippen molar-refractivity contribution in [2.75, 3.05) is 13.8 Å². The van der Waals surface area contributed by atoms with Gasteiger partial charge in [-0.15, -0.1) is 0 Å². The lowest BCUT2D eigenvalue weighted by atomic mass is 10.2. The molecule has 0 bridgehead atoms. The fraction of sp³-hybridized carbons (Fsp3) is 0.188. The highest BCUT2D eigenvalue weighted by molar-refractivity contribution is 5.96. The van der Waals surface area contributed by atoms with E-state index in [0.29, 0.717) is 17.9 Å². The first-order chi connectivity index (χ1) is 9.81. The van der Waals surface area contributed by atoms with E-state index in [1.807, 2.05) is 36.4 Å². The molecule has 0 aromatic heterocycles. The normalized spacial score (nSPS) is 10.1. The number of para-hydroxylation sites is 1. The smallest absolute Gasteiger partial charge is 0.256 e. The number of amides is 1. The zero-order valence-corrected chi connectivity index (χ0v) is 11.3. The van der Waals surface area contributed by atoms with Gasteiger partial charge in [-0.2, -0.15) is 0 Å². The summed E-state index contributed by atoms with van der Waals surface area (Å²) in [5.74, 6) is 0.337. The van der Waals surface area contributed by atoms with Crippen LogP contribution in [0, 0.1) is 0 Å². The standard InChI is InChI=1S/C16H17NO3/c1-19-15-10-6-5-9-14(15)16(18)17-12-20-11-13-7-3-2-4-8-13/h2-10H,11-12H2,1H3,(H,17,18). The van der Waals surface area contributed by atoms with Gasteiger partial charge in [-0.25, -0.2) is 0 Å². The predicted molar refractivity (Wildman–Crippen MR) is 76.6 cm³/mol. The molecule has 0 radical (unpaired) electrons. The van der Waals surface area contributed by atoms with E-state index < -0.39 is 0 Å². The quantitative estimate of drug-likeness (QED) is 0.649. The largest absolute Gasteiger partial charge is 0.496 e. The summed E-state index contributed by atoms with van der Waals surface area (Å²) in [6.45, 7) is 0.624. The molecule has 0 aliphatic rings. The third-order valence-electron chi connectivity index (χ3n) is 2.80. The summed E-state index contributed by atoms with van der Waals surface area (Å²) in [4.78, 5) is 12.0. The second-order valence-electron chi connectivity index (χ2n) is 4.18. The van der Waals surface area contributed by atoms with Crippen molar-refractivity contribution in [2.45, 2.75) is 6.61 Å². The average molecular weight is 271 g/mol. The van der Waals surface area contributed by atoms with Gasteiger partial charge in [0.25, 0.3) is 5.91 Å². The van der Waals surface area contributed by atoms with Gasteiger partial charge in [-0.05, 0) is 17.7 Å². The predicted octanol–water partition coefficient (Wildman–Crippen LogP) is 2.60. The maximum absolute atomic E-state index is 12.0. The third kappa shape index (κ3) is 3.83. The van der Waals surface area contributed by atoms with Crippen molar-refractivity contribution in [2.24, 2.45) is 0 Å². The van der Waals surface area contributed by atoms with E-state index in [0.717, 1.165) is 5.56 Å². The molecular formula is C16H17NO3. The zero-order chi connectivity index (χ0) is 14.2. The second-order valence-corrected chi connectivity index (χ2v) is 4.18. The van der Waals surface area contributed by atoms with Crippen LogP contribution in [-0.4, -0.2) is 19.7 Å². The van der Waals surface area contributed by atoms with Gasteiger partial charge in [0, 0.05) is 0 Å². The number of hydrogen-bond acceptors (Lipinski definition) is 3. The van der Waals surface area contributed by atoms with Gasteiger partial charge in [0.1, 0.15) is 12.5 Å². The van der Waals surface area contributed by atoms with Crippen LogP contribution in [0.25, 0.3) is 0 Å². The summed E-state index contributed by atoms with van der Waals surface area (Å²) in [5, 5.41) is 2.70. The number of hydrogen-bond donors (Lipinski definition) is 1. The summed E-state index contributed by atoms with van der Waals surface area (Å²) >= 11 is 0. The van der Waals surface area contributed by atoms with Crippen molar-refractivity contribution < 1.29 is 14.3 Å². The minimum atomic E-state index is -0.212. The SMILES string of the molecule is COc1ccccc1C(=O)NCOCc1ccccc1. The van der Waals surface area contributed by atoms with Gasteiger partial charge in [0.05, 0.1) is 19.3 Å². The lowest BCUT2D eigenvalue weighted by molar-refractivity contribution is 0.0749. The number of carbonyl (C=O) groups is 1. The lowest BCUT2D eigenvalue weighted by Gasteiger charge is -2.09. The molecule has 1 N–H and O–H groups in total.